The van der Waals surface area contributed by atoms with Gasteiger partial charge in [0.2, 0.25) is 5.91 Å². The van der Waals surface area contributed by atoms with Crippen molar-refractivity contribution in [3.63, 3.8) is 0 Å². The first-order valence-electron chi connectivity index (χ1n) is 4.66. The zero-order valence-electron chi connectivity index (χ0n) is 8.71. The highest BCUT2D eigenvalue weighted by Gasteiger charge is 2.01. The number of amides is 1. The first kappa shape index (κ1) is 12.9. The van der Waals surface area contributed by atoms with Crippen molar-refractivity contribution < 1.29 is 14.7 Å². The van der Waals surface area contributed by atoms with E-state index in [0.29, 0.717) is 0 Å². The SMILES string of the molecule is O=C(O)C=CC(=O)NC(=S)Nc1ccccc1. The zero-order valence-corrected chi connectivity index (χ0v) is 9.53. The number of nitrogens with one attached hydrogen (secondary N) is 2. The summed E-state index contributed by atoms with van der Waals surface area (Å²) in [4.78, 5) is 21.3. The van der Waals surface area contributed by atoms with Crippen LogP contribution in [0.15, 0.2) is 42.5 Å². The molecule has 1 aromatic carbocycles. The average Bonchev–Trinajstić information content (AvgIpc) is 2.27. The number of aliphatic carboxylic acids is 1. The van der Waals surface area contributed by atoms with Gasteiger partial charge in [-0.3, -0.25) is 10.1 Å². The van der Waals surface area contributed by atoms with E-state index in [2.05, 4.69) is 10.6 Å². The van der Waals surface area contributed by atoms with Crippen LogP contribution < -0.4 is 10.6 Å². The molecule has 6 heteroatoms. The number of anilines is 1. The van der Waals surface area contributed by atoms with Crippen LogP contribution in [0.1, 0.15) is 0 Å². The Kier molecular flexibility index (Phi) is 4.83. The maximum atomic E-state index is 11.2. The Balaban J connectivity index is 2.45. The van der Waals surface area contributed by atoms with Crippen LogP contribution in [0.3, 0.4) is 0 Å². The molecule has 0 saturated heterocycles. The number of thiocarbonyl (C=S) groups is 1. The van der Waals surface area contributed by atoms with E-state index in [4.69, 9.17) is 17.3 Å². The van der Waals surface area contributed by atoms with Crippen molar-refractivity contribution in [1.29, 1.82) is 0 Å². The third kappa shape index (κ3) is 5.43. The van der Waals surface area contributed by atoms with Gasteiger partial charge in [0.25, 0.3) is 0 Å². The van der Waals surface area contributed by atoms with E-state index in [-0.39, 0.29) is 5.11 Å². The van der Waals surface area contributed by atoms with Crippen molar-refractivity contribution in [2.45, 2.75) is 0 Å². The summed E-state index contributed by atoms with van der Waals surface area (Å²) in [6, 6.07) is 9.05. The number of hydrogen-bond acceptors (Lipinski definition) is 3. The predicted octanol–water partition coefficient (Wildman–Crippen LogP) is 1.14. The molecule has 5 nitrogen and oxygen atoms in total. The van der Waals surface area contributed by atoms with Crippen LogP contribution in [0, 0.1) is 0 Å². The minimum absolute atomic E-state index is 0.108. The third-order valence-electron chi connectivity index (χ3n) is 1.65. The summed E-state index contributed by atoms with van der Waals surface area (Å²) in [6.45, 7) is 0. The molecule has 0 aliphatic rings. The second-order valence-corrected chi connectivity index (χ2v) is 3.39. The molecule has 0 spiro atoms. The molecule has 0 aliphatic carbocycles. The minimum atomic E-state index is -1.19. The summed E-state index contributed by atoms with van der Waals surface area (Å²) >= 11 is 4.87. The van der Waals surface area contributed by atoms with E-state index in [1.807, 2.05) is 18.2 Å². The zero-order chi connectivity index (χ0) is 12.7. The number of carboxylic acids is 1. The molecule has 0 bridgehead atoms. The number of hydrogen-bond donors (Lipinski definition) is 3. The first-order valence-corrected chi connectivity index (χ1v) is 5.07. The normalized spacial score (nSPS) is 9.88. The van der Waals surface area contributed by atoms with Gasteiger partial charge in [0, 0.05) is 17.8 Å². The van der Waals surface area contributed by atoms with Crippen LogP contribution in [0.4, 0.5) is 5.69 Å². The van der Waals surface area contributed by atoms with E-state index < -0.39 is 11.9 Å². The molecule has 1 aromatic rings. The predicted molar refractivity (Wildman–Crippen MR) is 67.6 cm³/mol. The number of carbonyl (C=O) groups excluding carboxylic acids is 1. The van der Waals surface area contributed by atoms with Crippen molar-refractivity contribution in [2.24, 2.45) is 0 Å². The van der Waals surface area contributed by atoms with E-state index in [1.165, 1.54) is 0 Å². The van der Waals surface area contributed by atoms with Gasteiger partial charge in [-0.15, -0.1) is 0 Å². The van der Waals surface area contributed by atoms with Crippen LogP contribution >= 0.6 is 12.2 Å². The third-order valence-corrected chi connectivity index (χ3v) is 1.85. The summed E-state index contributed by atoms with van der Waals surface area (Å²) in [5.74, 6) is -1.79. The fourth-order valence-electron chi connectivity index (χ4n) is 0.984. The van der Waals surface area contributed by atoms with Gasteiger partial charge in [-0.25, -0.2) is 4.79 Å². The number of carboxylic acid groups (broad SMARTS) is 1. The number of carbonyl (C=O) groups is 2. The molecule has 0 atom stereocenters. The molecular formula is C11H10N2O3S. The Hall–Kier alpha value is -2.21. The van der Waals surface area contributed by atoms with E-state index in [0.717, 1.165) is 17.8 Å². The van der Waals surface area contributed by atoms with Crippen molar-refractivity contribution in [3.05, 3.63) is 42.5 Å². The van der Waals surface area contributed by atoms with Gasteiger partial charge >= 0.3 is 5.97 Å². The molecule has 0 saturated carbocycles. The van der Waals surface area contributed by atoms with Crippen LogP contribution in [-0.4, -0.2) is 22.1 Å². The second kappa shape index (κ2) is 6.39. The molecule has 1 amide bonds. The van der Waals surface area contributed by atoms with Gasteiger partial charge in [-0.2, -0.15) is 0 Å². The monoisotopic (exact) mass is 250 g/mol. The highest BCUT2D eigenvalue weighted by Crippen LogP contribution is 2.04. The standard InChI is InChI=1S/C11H10N2O3S/c14-9(6-7-10(15)16)13-11(17)12-8-4-2-1-3-5-8/h1-7H,(H,15,16)(H2,12,13,14,17). The molecule has 0 fully saturated rings. The highest BCUT2D eigenvalue weighted by molar-refractivity contribution is 7.80. The number of rotatable bonds is 3. The van der Waals surface area contributed by atoms with Crippen LogP contribution in [-0.2, 0) is 9.59 Å². The lowest BCUT2D eigenvalue weighted by Crippen LogP contribution is -2.32. The van der Waals surface area contributed by atoms with E-state index >= 15 is 0 Å². The summed E-state index contributed by atoms with van der Waals surface area (Å²) in [5, 5.41) is 13.5. The smallest absolute Gasteiger partial charge is 0.328 e. The number of para-hydroxylation sites is 1. The first-order chi connectivity index (χ1) is 8.08. The van der Waals surface area contributed by atoms with Crippen molar-refractivity contribution in [1.82, 2.24) is 5.32 Å². The van der Waals surface area contributed by atoms with Crippen molar-refractivity contribution >= 4 is 34.9 Å². The van der Waals surface area contributed by atoms with Gasteiger partial charge < -0.3 is 10.4 Å². The Bertz CT molecular complexity index is 457. The fourth-order valence-corrected chi connectivity index (χ4v) is 1.20. The molecule has 0 aliphatic heterocycles. The Morgan fingerprint density at radius 2 is 1.82 bits per heavy atom. The lowest BCUT2D eigenvalue weighted by atomic mass is 10.3. The average molecular weight is 250 g/mol. The summed E-state index contributed by atoms with van der Waals surface area (Å²) in [6.07, 6.45) is 1.63. The summed E-state index contributed by atoms with van der Waals surface area (Å²) < 4.78 is 0. The Morgan fingerprint density at radius 3 is 2.41 bits per heavy atom. The van der Waals surface area contributed by atoms with Gasteiger partial charge in [-0.1, -0.05) is 18.2 Å². The Labute approximate surface area is 103 Å². The molecule has 3 N–H and O–H groups in total. The van der Waals surface area contributed by atoms with Gasteiger partial charge in [-0.05, 0) is 24.4 Å². The lowest BCUT2D eigenvalue weighted by molar-refractivity contribution is -0.131. The molecular weight excluding hydrogens is 240 g/mol. The molecule has 17 heavy (non-hydrogen) atoms. The van der Waals surface area contributed by atoms with Gasteiger partial charge in [0.1, 0.15) is 0 Å². The van der Waals surface area contributed by atoms with Crippen molar-refractivity contribution in [2.75, 3.05) is 5.32 Å². The number of benzene rings is 1. The lowest BCUT2D eigenvalue weighted by Gasteiger charge is -2.07. The maximum absolute atomic E-state index is 11.2. The van der Waals surface area contributed by atoms with Crippen LogP contribution in [0.2, 0.25) is 0 Å². The molecule has 0 unspecified atom stereocenters. The van der Waals surface area contributed by atoms with E-state index in [9.17, 15) is 9.59 Å². The molecule has 1 rings (SSSR count). The van der Waals surface area contributed by atoms with Crippen molar-refractivity contribution in [3.8, 4) is 0 Å². The molecule has 0 aromatic heterocycles. The van der Waals surface area contributed by atoms with Crippen LogP contribution in [0.25, 0.3) is 0 Å². The van der Waals surface area contributed by atoms with Gasteiger partial charge in [0.05, 0.1) is 0 Å². The Morgan fingerprint density at radius 1 is 1.18 bits per heavy atom. The highest BCUT2D eigenvalue weighted by atomic mass is 32.1. The second-order valence-electron chi connectivity index (χ2n) is 2.98. The largest absolute Gasteiger partial charge is 0.478 e. The summed E-state index contributed by atoms with van der Waals surface area (Å²) in [7, 11) is 0. The fraction of sp³-hybridized carbons (Fsp3) is 0. The molecule has 0 heterocycles. The molecule has 0 radical (unpaired) electrons. The molecule has 88 valence electrons. The maximum Gasteiger partial charge on any atom is 0.328 e. The van der Waals surface area contributed by atoms with Crippen LogP contribution in [0.5, 0.6) is 0 Å². The minimum Gasteiger partial charge on any atom is -0.478 e. The van der Waals surface area contributed by atoms with Gasteiger partial charge in [0.15, 0.2) is 5.11 Å². The topological polar surface area (TPSA) is 78.4 Å². The summed E-state index contributed by atoms with van der Waals surface area (Å²) in [5.41, 5.74) is 0.736. The van der Waals surface area contributed by atoms with E-state index in [1.54, 1.807) is 12.1 Å². The quantitative estimate of drug-likeness (QED) is 0.554.